The lowest BCUT2D eigenvalue weighted by molar-refractivity contribution is -0.134. The summed E-state index contributed by atoms with van der Waals surface area (Å²) in [4.78, 5) is 13.7. The van der Waals surface area contributed by atoms with Crippen LogP contribution >= 0.6 is 0 Å². The van der Waals surface area contributed by atoms with E-state index in [1.807, 2.05) is 19.2 Å². The number of benzene rings is 1. The number of carbonyl (C=O) groups is 1. The third kappa shape index (κ3) is 3.65. The van der Waals surface area contributed by atoms with Crippen molar-refractivity contribution in [3.8, 4) is 5.75 Å². The van der Waals surface area contributed by atoms with Gasteiger partial charge in [0, 0.05) is 13.1 Å². The number of carbonyl (C=O) groups excluding carboxylic acids is 1. The number of amides is 1. The molecule has 0 saturated heterocycles. The van der Waals surface area contributed by atoms with Gasteiger partial charge in [-0.15, -0.1) is 0 Å². The number of anilines is 1. The van der Waals surface area contributed by atoms with Crippen LogP contribution in [0.5, 0.6) is 5.75 Å². The lowest BCUT2D eigenvalue weighted by Gasteiger charge is -2.26. The number of hydrogen-bond acceptors (Lipinski definition) is 3. The van der Waals surface area contributed by atoms with Crippen molar-refractivity contribution in [1.82, 2.24) is 4.90 Å². The van der Waals surface area contributed by atoms with Crippen LogP contribution in [0.4, 0.5) is 5.69 Å². The maximum Gasteiger partial charge on any atom is 0.260 e. The molecule has 0 saturated carbocycles. The summed E-state index contributed by atoms with van der Waals surface area (Å²) < 4.78 is 5.44. The van der Waals surface area contributed by atoms with Gasteiger partial charge in [-0.1, -0.05) is 26.0 Å². The first-order chi connectivity index (χ1) is 8.60. The van der Waals surface area contributed by atoms with Gasteiger partial charge in [0.15, 0.2) is 6.61 Å². The second kappa shape index (κ2) is 6.89. The Hall–Kier alpha value is -1.71. The lowest BCUT2D eigenvalue weighted by atomic mass is 10.1. The third-order valence-corrected chi connectivity index (χ3v) is 3.15. The van der Waals surface area contributed by atoms with E-state index in [9.17, 15) is 4.79 Å². The molecule has 2 N–H and O–H groups in total. The van der Waals surface area contributed by atoms with E-state index in [-0.39, 0.29) is 18.6 Å². The van der Waals surface area contributed by atoms with E-state index < -0.39 is 0 Å². The molecular formula is C14H22N2O2. The Morgan fingerprint density at radius 2 is 1.94 bits per heavy atom. The predicted octanol–water partition coefficient (Wildman–Crippen LogP) is 2.29. The van der Waals surface area contributed by atoms with Crippen LogP contribution in [0.25, 0.3) is 0 Å². The Labute approximate surface area is 109 Å². The topological polar surface area (TPSA) is 55.6 Å². The second-order valence-electron chi connectivity index (χ2n) is 4.30. The fourth-order valence-corrected chi connectivity index (χ4v) is 1.89. The number of hydrogen-bond donors (Lipinski definition) is 1. The van der Waals surface area contributed by atoms with Crippen LogP contribution in [0.1, 0.15) is 26.7 Å². The minimum Gasteiger partial charge on any atom is -0.482 e. The monoisotopic (exact) mass is 250 g/mol. The zero-order chi connectivity index (χ0) is 13.5. The van der Waals surface area contributed by atoms with Crippen LogP contribution < -0.4 is 10.5 Å². The van der Waals surface area contributed by atoms with Crippen molar-refractivity contribution >= 4 is 11.6 Å². The highest BCUT2D eigenvalue weighted by atomic mass is 16.5. The van der Waals surface area contributed by atoms with E-state index in [4.69, 9.17) is 10.5 Å². The maximum atomic E-state index is 11.9. The molecule has 1 amide bonds. The zero-order valence-corrected chi connectivity index (χ0v) is 11.3. The summed E-state index contributed by atoms with van der Waals surface area (Å²) in [7, 11) is 1.82. The Morgan fingerprint density at radius 1 is 1.33 bits per heavy atom. The van der Waals surface area contributed by atoms with Crippen LogP contribution in [0.2, 0.25) is 0 Å². The molecule has 4 heteroatoms. The molecule has 0 spiro atoms. The maximum absolute atomic E-state index is 11.9. The predicted molar refractivity (Wildman–Crippen MR) is 73.5 cm³/mol. The molecule has 0 aliphatic heterocycles. The van der Waals surface area contributed by atoms with Crippen molar-refractivity contribution in [2.75, 3.05) is 19.4 Å². The van der Waals surface area contributed by atoms with Crippen LogP contribution in [0.3, 0.4) is 0 Å². The summed E-state index contributed by atoms with van der Waals surface area (Å²) in [6.07, 6.45) is 1.90. The number of nitrogen functional groups attached to an aromatic ring is 1. The summed E-state index contributed by atoms with van der Waals surface area (Å²) in [5.41, 5.74) is 6.30. The molecule has 1 aromatic carbocycles. The fourth-order valence-electron chi connectivity index (χ4n) is 1.89. The molecule has 0 aliphatic carbocycles. The van der Waals surface area contributed by atoms with Crippen molar-refractivity contribution in [2.24, 2.45) is 0 Å². The quantitative estimate of drug-likeness (QED) is 0.788. The van der Waals surface area contributed by atoms with Crippen molar-refractivity contribution in [3.63, 3.8) is 0 Å². The van der Waals surface area contributed by atoms with Crippen LogP contribution in [0, 0.1) is 0 Å². The SMILES string of the molecule is CCC(CC)N(C)C(=O)COc1ccccc1N. The van der Waals surface area contributed by atoms with Crippen molar-refractivity contribution < 1.29 is 9.53 Å². The first kappa shape index (κ1) is 14.4. The van der Waals surface area contributed by atoms with E-state index in [1.54, 1.807) is 17.0 Å². The van der Waals surface area contributed by atoms with Crippen LogP contribution in [-0.4, -0.2) is 30.5 Å². The molecule has 0 aromatic heterocycles. The highest BCUT2D eigenvalue weighted by Gasteiger charge is 2.17. The first-order valence-corrected chi connectivity index (χ1v) is 6.33. The normalized spacial score (nSPS) is 10.4. The summed E-state index contributed by atoms with van der Waals surface area (Å²) in [6.45, 7) is 4.18. The van der Waals surface area contributed by atoms with Gasteiger partial charge in [-0.05, 0) is 25.0 Å². The molecule has 4 nitrogen and oxygen atoms in total. The van der Waals surface area contributed by atoms with E-state index >= 15 is 0 Å². The largest absolute Gasteiger partial charge is 0.482 e. The summed E-state index contributed by atoms with van der Waals surface area (Å²) >= 11 is 0. The van der Waals surface area contributed by atoms with Crippen molar-refractivity contribution in [1.29, 1.82) is 0 Å². The van der Waals surface area contributed by atoms with E-state index in [0.717, 1.165) is 12.8 Å². The average Bonchev–Trinajstić information content (AvgIpc) is 2.38. The smallest absolute Gasteiger partial charge is 0.260 e. The van der Waals surface area contributed by atoms with Gasteiger partial charge in [0.2, 0.25) is 0 Å². The summed E-state index contributed by atoms with van der Waals surface area (Å²) in [5, 5.41) is 0. The van der Waals surface area contributed by atoms with Gasteiger partial charge in [0.05, 0.1) is 5.69 Å². The molecule has 0 fully saturated rings. The van der Waals surface area contributed by atoms with Gasteiger partial charge in [-0.25, -0.2) is 0 Å². The van der Waals surface area contributed by atoms with Gasteiger partial charge in [0.25, 0.3) is 5.91 Å². The number of ether oxygens (including phenoxy) is 1. The molecule has 0 aliphatic rings. The van der Waals surface area contributed by atoms with Gasteiger partial charge in [-0.3, -0.25) is 4.79 Å². The van der Waals surface area contributed by atoms with Crippen molar-refractivity contribution in [3.05, 3.63) is 24.3 Å². The van der Waals surface area contributed by atoms with Crippen LogP contribution in [-0.2, 0) is 4.79 Å². The fraction of sp³-hybridized carbons (Fsp3) is 0.500. The molecule has 1 aromatic rings. The molecule has 1 rings (SSSR count). The molecule has 18 heavy (non-hydrogen) atoms. The molecule has 0 radical (unpaired) electrons. The van der Waals surface area contributed by atoms with E-state index in [0.29, 0.717) is 11.4 Å². The zero-order valence-electron chi connectivity index (χ0n) is 11.3. The third-order valence-electron chi connectivity index (χ3n) is 3.15. The second-order valence-corrected chi connectivity index (χ2v) is 4.30. The number of likely N-dealkylation sites (N-methyl/N-ethyl adjacent to an activating group) is 1. The minimum absolute atomic E-state index is 0.0213. The molecule has 0 atom stereocenters. The Bertz CT molecular complexity index is 389. The highest BCUT2D eigenvalue weighted by molar-refractivity contribution is 5.78. The number of para-hydroxylation sites is 2. The van der Waals surface area contributed by atoms with Gasteiger partial charge >= 0.3 is 0 Å². The Kier molecular flexibility index (Phi) is 5.49. The lowest BCUT2D eigenvalue weighted by Crippen LogP contribution is -2.39. The van der Waals surface area contributed by atoms with Gasteiger partial charge < -0.3 is 15.4 Å². The van der Waals surface area contributed by atoms with Gasteiger partial charge in [0.1, 0.15) is 5.75 Å². The van der Waals surface area contributed by atoms with E-state index in [2.05, 4.69) is 13.8 Å². The number of rotatable bonds is 6. The molecule has 0 heterocycles. The molecule has 0 unspecified atom stereocenters. The number of nitrogens with zero attached hydrogens (tertiary/aromatic N) is 1. The highest BCUT2D eigenvalue weighted by Crippen LogP contribution is 2.19. The Morgan fingerprint density at radius 3 is 2.50 bits per heavy atom. The van der Waals surface area contributed by atoms with Crippen molar-refractivity contribution in [2.45, 2.75) is 32.7 Å². The standard InChI is InChI=1S/C14H22N2O2/c1-4-11(5-2)16(3)14(17)10-18-13-9-7-6-8-12(13)15/h6-9,11H,4-5,10,15H2,1-3H3. The average molecular weight is 250 g/mol. The minimum atomic E-state index is -0.0213. The Balaban J connectivity index is 2.53. The summed E-state index contributed by atoms with van der Waals surface area (Å²) in [5.74, 6) is 0.538. The first-order valence-electron chi connectivity index (χ1n) is 6.33. The molecular weight excluding hydrogens is 228 g/mol. The van der Waals surface area contributed by atoms with E-state index in [1.165, 1.54) is 0 Å². The van der Waals surface area contributed by atoms with Gasteiger partial charge in [-0.2, -0.15) is 0 Å². The molecule has 0 bridgehead atoms. The number of nitrogens with two attached hydrogens (primary N) is 1. The van der Waals surface area contributed by atoms with Crippen LogP contribution in [0.15, 0.2) is 24.3 Å². The summed E-state index contributed by atoms with van der Waals surface area (Å²) in [6, 6.07) is 7.46. The molecule has 100 valence electrons.